The van der Waals surface area contributed by atoms with Gasteiger partial charge in [0.1, 0.15) is 5.82 Å². The number of halogens is 1. The molecule has 1 unspecified atom stereocenters. The summed E-state index contributed by atoms with van der Waals surface area (Å²) in [7, 11) is 1.80. The molecule has 2 heterocycles. The van der Waals surface area contributed by atoms with Crippen LogP contribution in [0.5, 0.6) is 0 Å². The van der Waals surface area contributed by atoms with Gasteiger partial charge in [-0.25, -0.2) is 4.98 Å². The molecule has 0 radical (unpaired) electrons. The lowest BCUT2D eigenvalue weighted by Gasteiger charge is -2.39. The number of pyridine rings is 1. The standard InChI is InChI=1S/C16H26ClN3O/c1-4-9-18-15-7-6-13(17)14(19-15)11-20-10-5-8-16(2,12-20)21-3/h6-7H,4-5,8-12H2,1-3H3,(H,18,19). The van der Waals surface area contributed by atoms with Gasteiger partial charge in [-0.15, -0.1) is 0 Å². The van der Waals surface area contributed by atoms with Gasteiger partial charge in [-0.2, -0.15) is 0 Å². The molecule has 1 saturated heterocycles. The molecule has 118 valence electrons. The van der Waals surface area contributed by atoms with Crippen LogP contribution < -0.4 is 5.32 Å². The molecule has 1 aliphatic heterocycles. The third-order valence-corrected chi connectivity index (χ3v) is 4.42. The van der Waals surface area contributed by atoms with E-state index in [1.54, 1.807) is 7.11 Å². The van der Waals surface area contributed by atoms with Crippen molar-refractivity contribution in [3.05, 3.63) is 22.8 Å². The number of nitrogens with one attached hydrogen (secondary N) is 1. The van der Waals surface area contributed by atoms with Gasteiger partial charge in [-0.3, -0.25) is 4.90 Å². The normalized spacial score (nSPS) is 23.2. The molecule has 21 heavy (non-hydrogen) atoms. The van der Waals surface area contributed by atoms with Crippen molar-refractivity contribution >= 4 is 17.4 Å². The van der Waals surface area contributed by atoms with E-state index in [9.17, 15) is 0 Å². The molecule has 1 atom stereocenters. The van der Waals surface area contributed by atoms with Crippen LogP contribution in [0.3, 0.4) is 0 Å². The highest BCUT2D eigenvalue weighted by atomic mass is 35.5. The number of ether oxygens (including phenoxy) is 1. The Hall–Kier alpha value is -0.840. The molecule has 5 heteroatoms. The Balaban J connectivity index is 2.04. The van der Waals surface area contributed by atoms with E-state index in [1.165, 1.54) is 0 Å². The van der Waals surface area contributed by atoms with Crippen molar-refractivity contribution in [2.45, 2.75) is 45.3 Å². The third-order valence-electron chi connectivity index (χ3n) is 4.08. The smallest absolute Gasteiger partial charge is 0.126 e. The third kappa shape index (κ3) is 4.56. The first-order chi connectivity index (χ1) is 10.1. The number of rotatable bonds is 6. The largest absolute Gasteiger partial charge is 0.377 e. The summed E-state index contributed by atoms with van der Waals surface area (Å²) in [5.41, 5.74) is 0.890. The topological polar surface area (TPSA) is 37.4 Å². The fraction of sp³-hybridized carbons (Fsp3) is 0.688. The lowest BCUT2D eigenvalue weighted by atomic mass is 9.94. The molecule has 0 spiro atoms. The SMILES string of the molecule is CCCNc1ccc(Cl)c(CN2CCCC(C)(OC)C2)n1. The average Bonchev–Trinajstić information content (AvgIpc) is 2.48. The van der Waals surface area contributed by atoms with Gasteiger partial charge in [0.25, 0.3) is 0 Å². The van der Waals surface area contributed by atoms with E-state index in [2.05, 4.69) is 29.0 Å². The highest BCUT2D eigenvalue weighted by Gasteiger charge is 2.31. The first kappa shape index (κ1) is 16.5. The summed E-state index contributed by atoms with van der Waals surface area (Å²) in [4.78, 5) is 7.03. The fourth-order valence-corrected chi connectivity index (χ4v) is 2.93. The summed E-state index contributed by atoms with van der Waals surface area (Å²) in [6, 6.07) is 3.87. The summed E-state index contributed by atoms with van der Waals surface area (Å²) in [5.74, 6) is 0.905. The molecule has 1 fully saturated rings. The van der Waals surface area contributed by atoms with Crippen LogP contribution in [-0.2, 0) is 11.3 Å². The second-order valence-corrected chi connectivity index (χ2v) is 6.43. The number of aromatic nitrogens is 1. The molecule has 2 rings (SSSR count). The van der Waals surface area contributed by atoms with Crippen LogP contribution in [0.2, 0.25) is 5.02 Å². The molecule has 0 aromatic carbocycles. The molecule has 0 amide bonds. The van der Waals surface area contributed by atoms with Gasteiger partial charge in [0.15, 0.2) is 0 Å². The molecule has 1 aromatic heterocycles. The van der Waals surface area contributed by atoms with E-state index in [-0.39, 0.29) is 5.60 Å². The average molecular weight is 312 g/mol. The number of anilines is 1. The van der Waals surface area contributed by atoms with Crippen molar-refractivity contribution in [3.8, 4) is 0 Å². The van der Waals surface area contributed by atoms with Crippen molar-refractivity contribution in [3.63, 3.8) is 0 Å². The number of hydrogen-bond acceptors (Lipinski definition) is 4. The molecular weight excluding hydrogens is 286 g/mol. The van der Waals surface area contributed by atoms with Gasteiger partial charge >= 0.3 is 0 Å². The molecule has 1 aromatic rings. The van der Waals surface area contributed by atoms with Crippen molar-refractivity contribution < 1.29 is 4.74 Å². The van der Waals surface area contributed by atoms with E-state index in [4.69, 9.17) is 16.3 Å². The predicted octanol–water partition coefficient (Wildman–Crippen LogP) is 3.56. The van der Waals surface area contributed by atoms with Gasteiger partial charge in [0.05, 0.1) is 16.3 Å². The maximum Gasteiger partial charge on any atom is 0.126 e. The number of methoxy groups -OCH3 is 1. The van der Waals surface area contributed by atoms with E-state index in [1.807, 2.05) is 12.1 Å². The van der Waals surface area contributed by atoms with Gasteiger partial charge in [0, 0.05) is 26.7 Å². The second kappa shape index (κ2) is 7.43. The Kier molecular flexibility index (Phi) is 5.85. The Bertz CT molecular complexity index is 469. The minimum absolute atomic E-state index is 0.0528. The minimum atomic E-state index is -0.0528. The Labute approximate surface area is 132 Å². The molecule has 0 aliphatic carbocycles. The Morgan fingerprint density at radius 2 is 2.29 bits per heavy atom. The zero-order valence-electron chi connectivity index (χ0n) is 13.3. The molecule has 1 aliphatic rings. The van der Waals surface area contributed by atoms with Crippen LogP contribution in [0.4, 0.5) is 5.82 Å². The summed E-state index contributed by atoms with van der Waals surface area (Å²) < 4.78 is 5.65. The fourth-order valence-electron chi connectivity index (χ4n) is 2.77. The Morgan fingerprint density at radius 1 is 1.48 bits per heavy atom. The summed E-state index contributed by atoms with van der Waals surface area (Å²) in [6.07, 6.45) is 3.34. The van der Waals surface area contributed by atoms with Gasteiger partial charge in [-0.1, -0.05) is 18.5 Å². The van der Waals surface area contributed by atoms with Crippen molar-refractivity contribution in [2.24, 2.45) is 0 Å². The highest BCUT2D eigenvalue weighted by Crippen LogP contribution is 2.26. The van der Waals surface area contributed by atoms with Crippen LogP contribution in [0.15, 0.2) is 12.1 Å². The first-order valence-corrected chi connectivity index (χ1v) is 8.11. The molecular formula is C16H26ClN3O. The molecule has 4 nitrogen and oxygen atoms in total. The van der Waals surface area contributed by atoms with E-state index >= 15 is 0 Å². The molecule has 0 bridgehead atoms. The Morgan fingerprint density at radius 3 is 3.00 bits per heavy atom. The second-order valence-electron chi connectivity index (χ2n) is 6.02. The maximum atomic E-state index is 6.31. The van der Waals surface area contributed by atoms with Gasteiger partial charge in [0.2, 0.25) is 0 Å². The van der Waals surface area contributed by atoms with Crippen molar-refractivity contribution in [1.29, 1.82) is 0 Å². The van der Waals surface area contributed by atoms with E-state index in [0.717, 1.165) is 62.0 Å². The van der Waals surface area contributed by atoms with Crippen LogP contribution in [0.1, 0.15) is 38.8 Å². The van der Waals surface area contributed by atoms with Crippen molar-refractivity contribution in [1.82, 2.24) is 9.88 Å². The summed E-state index contributed by atoms with van der Waals surface area (Å²) in [6.45, 7) is 8.02. The lowest BCUT2D eigenvalue weighted by molar-refractivity contribution is -0.0529. The monoisotopic (exact) mass is 311 g/mol. The minimum Gasteiger partial charge on any atom is -0.377 e. The van der Waals surface area contributed by atoms with Gasteiger partial charge in [-0.05, 0) is 44.9 Å². The predicted molar refractivity (Wildman–Crippen MR) is 88.0 cm³/mol. The van der Waals surface area contributed by atoms with Crippen LogP contribution >= 0.6 is 11.6 Å². The van der Waals surface area contributed by atoms with Crippen molar-refractivity contribution in [2.75, 3.05) is 32.1 Å². The number of nitrogens with zero attached hydrogens (tertiary/aromatic N) is 2. The quantitative estimate of drug-likeness (QED) is 0.871. The lowest BCUT2D eigenvalue weighted by Crippen LogP contribution is -2.47. The number of likely N-dealkylation sites (tertiary alicyclic amines) is 1. The van der Waals surface area contributed by atoms with E-state index in [0.29, 0.717) is 0 Å². The maximum absolute atomic E-state index is 6.31. The molecule has 0 saturated carbocycles. The van der Waals surface area contributed by atoms with E-state index < -0.39 is 0 Å². The summed E-state index contributed by atoms with van der Waals surface area (Å²) >= 11 is 6.31. The zero-order chi connectivity index (χ0) is 15.3. The zero-order valence-corrected chi connectivity index (χ0v) is 14.0. The number of hydrogen-bond donors (Lipinski definition) is 1. The number of piperidine rings is 1. The summed E-state index contributed by atoms with van der Waals surface area (Å²) in [5, 5.41) is 4.05. The van der Waals surface area contributed by atoms with Crippen LogP contribution in [0, 0.1) is 0 Å². The molecule has 1 N–H and O–H groups in total. The first-order valence-electron chi connectivity index (χ1n) is 7.73. The van der Waals surface area contributed by atoms with Crippen LogP contribution in [-0.4, -0.2) is 42.2 Å². The van der Waals surface area contributed by atoms with Crippen LogP contribution in [0.25, 0.3) is 0 Å². The van der Waals surface area contributed by atoms with Gasteiger partial charge < -0.3 is 10.1 Å². The highest BCUT2D eigenvalue weighted by molar-refractivity contribution is 6.31.